The van der Waals surface area contributed by atoms with E-state index in [9.17, 15) is 4.79 Å². The average molecular weight is 507 g/mol. The molecule has 1 aliphatic heterocycles. The lowest BCUT2D eigenvalue weighted by Gasteiger charge is -2.30. The smallest absolute Gasteiger partial charge is 0.251 e. The number of hydrogen-bond acceptors (Lipinski definition) is 6. The van der Waals surface area contributed by atoms with Crippen LogP contribution in [0.1, 0.15) is 67.3 Å². The van der Waals surface area contributed by atoms with E-state index in [2.05, 4.69) is 21.0 Å². The molecule has 2 saturated carbocycles. The SMILES string of the molecule is Cc1cc(-c2cnn3c(NCC4(F)CCNCC4)cc(OC4CCCC4)nc23)ccc1C(=O)NC1CC1. The molecule has 196 valence electrons. The molecule has 0 atom stereocenters. The lowest BCUT2D eigenvalue weighted by atomic mass is 9.94. The van der Waals surface area contributed by atoms with Crippen LogP contribution in [0.4, 0.5) is 10.2 Å². The lowest BCUT2D eigenvalue weighted by Crippen LogP contribution is -2.43. The zero-order valence-corrected chi connectivity index (χ0v) is 21.4. The van der Waals surface area contributed by atoms with E-state index in [0.717, 1.165) is 55.2 Å². The van der Waals surface area contributed by atoms with Crippen molar-refractivity contribution in [1.29, 1.82) is 0 Å². The number of alkyl halides is 1. The third kappa shape index (κ3) is 5.28. The molecular formula is C28H35FN6O2. The number of hydrogen-bond donors (Lipinski definition) is 3. The second kappa shape index (κ2) is 9.93. The standard InChI is InChI=1S/C28H35FN6O2/c1-18-14-19(6-9-22(18)27(36)33-20-7-8-20)23-16-32-35-24(31-17-28(29)10-12-30-13-11-28)15-25(34-26(23)35)37-21-4-2-3-5-21/h6,9,14-16,20-21,30-31H,2-5,7-8,10-13,17H2,1H3,(H,33,36). The molecule has 1 aromatic carbocycles. The van der Waals surface area contributed by atoms with Crippen LogP contribution in [0.25, 0.3) is 16.8 Å². The summed E-state index contributed by atoms with van der Waals surface area (Å²) in [5.41, 5.74) is 2.73. The Bertz CT molecular complexity index is 1290. The maximum Gasteiger partial charge on any atom is 0.251 e. The van der Waals surface area contributed by atoms with Gasteiger partial charge in [0, 0.05) is 23.2 Å². The normalized spacial score (nSPS) is 19.7. The van der Waals surface area contributed by atoms with Crippen molar-refractivity contribution >= 4 is 17.4 Å². The monoisotopic (exact) mass is 506 g/mol. The first kappa shape index (κ1) is 24.2. The van der Waals surface area contributed by atoms with Crippen LogP contribution in [0.15, 0.2) is 30.5 Å². The predicted octanol–water partition coefficient (Wildman–Crippen LogP) is 4.42. The number of nitrogens with one attached hydrogen (secondary N) is 3. The second-order valence-corrected chi connectivity index (χ2v) is 10.8. The number of carbonyl (C=O) groups is 1. The van der Waals surface area contributed by atoms with Crippen LogP contribution < -0.4 is 20.7 Å². The molecule has 3 heterocycles. The summed E-state index contributed by atoms with van der Waals surface area (Å²) in [5, 5.41) is 14.2. The molecule has 37 heavy (non-hydrogen) atoms. The van der Waals surface area contributed by atoms with Crippen molar-refractivity contribution in [3.05, 3.63) is 41.6 Å². The van der Waals surface area contributed by atoms with Gasteiger partial charge in [-0.3, -0.25) is 4.79 Å². The molecule has 8 nitrogen and oxygen atoms in total. The van der Waals surface area contributed by atoms with Crippen LogP contribution in [0, 0.1) is 6.92 Å². The van der Waals surface area contributed by atoms with Gasteiger partial charge in [0.15, 0.2) is 5.65 Å². The van der Waals surface area contributed by atoms with E-state index in [-0.39, 0.29) is 18.6 Å². The number of amides is 1. The Kier molecular flexibility index (Phi) is 6.48. The molecule has 0 spiro atoms. The number of anilines is 1. The minimum atomic E-state index is -1.27. The predicted molar refractivity (Wildman–Crippen MR) is 141 cm³/mol. The molecule has 6 rings (SSSR count). The van der Waals surface area contributed by atoms with Gasteiger partial charge in [0.1, 0.15) is 17.6 Å². The van der Waals surface area contributed by atoms with E-state index in [1.165, 1.54) is 0 Å². The van der Waals surface area contributed by atoms with Crippen LogP contribution >= 0.6 is 0 Å². The molecule has 1 saturated heterocycles. The first-order valence-electron chi connectivity index (χ1n) is 13.6. The van der Waals surface area contributed by atoms with Gasteiger partial charge < -0.3 is 20.7 Å². The van der Waals surface area contributed by atoms with Crippen molar-refractivity contribution < 1.29 is 13.9 Å². The highest BCUT2D eigenvalue weighted by molar-refractivity contribution is 5.97. The number of ether oxygens (including phenoxy) is 1. The fraction of sp³-hybridized carbons (Fsp3) is 0.536. The maximum absolute atomic E-state index is 15.4. The fourth-order valence-corrected chi connectivity index (χ4v) is 5.38. The Hall–Kier alpha value is -3.20. The highest BCUT2D eigenvalue weighted by Gasteiger charge is 2.32. The van der Waals surface area contributed by atoms with Crippen LogP contribution in [-0.2, 0) is 0 Å². The largest absolute Gasteiger partial charge is 0.474 e. The molecule has 3 aliphatic rings. The van der Waals surface area contributed by atoms with Gasteiger partial charge in [-0.05, 0) is 88.6 Å². The number of aryl methyl sites for hydroxylation is 1. The van der Waals surface area contributed by atoms with Crippen LogP contribution in [-0.4, -0.2) is 58.0 Å². The Morgan fingerprint density at radius 3 is 2.70 bits per heavy atom. The molecule has 1 amide bonds. The average Bonchev–Trinajstić information content (AvgIpc) is 3.36. The topological polar surface area (TPSA) is 92.6 Å². The van der Waals surface area contributed by atoms with E-state index in [0.29, 0.717) is 54.9 Å². The van der Waals surface area contributed by atoms with Crippen molar-refractivity contribution in [3.8, 4) is 17.0 Å². The molecule has 0 radical (unpaired) electrons. The number of carbonyl (C=O) groups excluding carboxylic acids is 1. The van der Waals surface area contributed by atoms with E-state index < -0.39 is 5.67 Å². The van der Waals surface area contributed by atoms with Crippen LogP contribution in [0.5, 0.6) is 5.88 Å². The summed E-state index contributed by atoms with van der Waals surface area (Å²) in [6.07, 6.45) is 9.35. The first-order valence-corrected chi connectivity index (χ1v) is 13.6. The van der Waals surface area contributed by atoms with Crippen molar-refractivity contribution in [3.63, 3.8) is 0 Å². The second-order valence-electron chi connectivity index (χ2n) is 10.8. The third-order valence-electron chi connectivity index (χ3n) is 7.82. The van der Waals surface area contributed by atoms with Crippen LogP contribution in [0.2, 0.25) is 0 Å². The molecule has 9 heteroatoms. The minimum absolute atomic E-state index is 0.0265. The van der Waals surface area contributed by atoms with E-state index >= 15 is 4.39 Å². The van der Waals surface area contributed by atoms with Gasteiger partial charge >= 0.3 is 0 Å². The van der Waals surface area contributed by atoms with Gasteiger partial charge in [0.2, 0.25) is 5.88 Å². The Balaban J connectivity index is 1.32. The number of benzene rings is 1. The van der Waals surface area contributed by atoms with Gasteiger partial charge in [0.25, 0.3) is 5.91 Å². The molecule has 3 fully saturated rings. The fourth-order valence-electron chi connectivity index (χ4n) is 5.38. The molecular weight excluding hydrogens is 471 g/mol. The number of fused-ring (bicyclic) bond motifs is 1. The van der Waals surface area contributed by atoms with E-state index in [1.807, 2.05) is 31.2 Å². The minimum Gasteiger partial charge on any atom is -0.474 e. The number of piperidine rings is 1. The van der Waals surface area contributed by atoms with Crippen molar-refractivity contribution in [2.75, 3.05) is 25.0 Å². The van der Waals surface area contributed by atoms with Crippen LogP contribution in [0.3, 0.4) is 0 Å². The molecule has 0 unspecified atom stereocenters. The van der Waals surface area contributed by atoms with Gasteiger partial charge in [-0.1, -0.05) is 12.1 Å². The molecule has 2 aliphatic carbocycles. The van der Waals surface area contributed by atoms with Gasteiger partial charge in [-0.25, -0.2) is 4.39 Å². The van der Waals surface area contributed by atoms with Crippen molar-refractivity contribution in [2.45, 2.75) is 76.1 Å². The van der Waals surface area contributed by atoms with Gasteiger partial charge in [0.05, 0.1) is 12.7 Å². The first-order chi connectivity index (χ1) is 18.0. The van der Waals surface area contributed by atoms with E-state index in [1.54, 1.807) is 10.7 Å². The number of nitrogens with zero attached hydrogens (tertiary/aromatic N) is 3. The highest BCUT2D eigenvalue weighted by atomic mass is 19.1. The molecule has 3 N–H and O–H groups in total. The Labute approximate surface area is 216 Å². The Morgan fingerprint density at radius 2 is 1.97 bits per heavy atom. The molecule has 0 bridgehead atoms. The summed E-state index contributed by atoms with van der Waals surface area (Å²) in [7, 11) is 0. The maximum atomic E-state index is 15.4. The van der Waals surface area contributed by atoms with Gasteiger partial charge in [-0.15, -0.1) is 0 Å². The summed E-state index contributed by atoms with van der Waals surface area (Å²) in [6.45, 7) is 3.52. The zero-order chi connectivity index (χ0) is 25.4. The van der Waals surface area contributed by atoms with Crippen molar-refractivity contribution in [2.24, 2.45) is 0 Å². The van der Waals surface area contributed by atoms with Crippen molar-refractivity contribution in [1.82, 2.24) is 25.2 Å². The summed E-state index contributed by atoms with van der Waals surface area (Å²) in [5.74, 6) is 1.16. The highest BCUT2D eigenvalue weighted by Crippen LogP contribution is 2.32. The molecule has 2 aromatic heterocycles. The van der Waals surface area contributed by atoms with Gasteiger partial charge in [-0.2, -0.15) is 14.6 Å². The summed E-state index contributed by atoms with van der Waals surface area (Å²) in [6, 6.07) is 7.96. The number of halogens is 1. The third-order valence-corrected chi connectivity index (χ3v) is 7.82. The molecule has 3 aromatic rings. The zero-order valence-electron chi connectivity index (χ0n) is 21.4. The quantitative estimate of drug-likeness (QED) is 0.419. The Morgan fingerprint density at radius 1 is 1.19 bits per heavy atom. The number of rotatable bonds is 8. The summed E-state index contributed by atoms with van der Waals surface area (Å²) < 4.78 is 23.4. The van der Waals surface area contributed by atoms with E-state index in [4.69, 9.17) is 9.72 Å². The summed E-state index contributed by atoms with van der Waals surface area (Å²) in [4.78, 5) is 17.4. The summed E-state index contributed by atoms with van der Waals surface area (Å²) >= 11 is 0. The number of aromatic nitrogens is 3. The lowest BCUT2D eigenvalue weighted by molar-refractivity contribution is 0.0950.